The Morgan fingerprint density at radius 3 is 2.62 bits per heavy atom. The number of aliphatic hydroxyl groups is 1. The van der Waals surface area contributed by atoms with Crippen LogP contribution in [-0.2, 0) is 4.79 Å². The SMILES string of the molecule is CC(C)C(CCO)NC(=O)CCOc1ccc(Cl)c(Cl)c1. The molecular weight excluding hydrogens is 313 g/mol. The molecule has 0 heterocycles. The molecule has 118 valence electrons. The van der Waals surface area contributed by atoms with E-state index in [2.05, 4.69) is 5.32 Å². The van der Waals surface area contributed by atoms with Crippen molar-refractivity contribution in [1.29, 1.82) is 0 Å². The average molecular weight is 334 g/mol. The van der Waals surface area contributed by atoms with Crippen LogP contribution in [0.3, 0.4) is 0 Å². The molecule has 0 aliphatic carbocycles. The highest BCUT2D eigenvalue weighted by molar-refractivity contribution is 6.42. The van der Waals surface area contributed by atoms with Gasteiger partial charge in [-0.05, 0) is 24.5 Å². The molecule has 0 aromatic heterocycles. The van der Waals surface area contributed by atoms with Gasteiger partial charge in [-0.15, -0.1) is 0 Å². The zero-order chi connectivity index (χ0) is 15.8. The fraction of sp³-hybridized carbons (Fsp3) is 0.533. The largest absolute Gasteiger partial charge is 0.493 e. The van der Waals surface area contributed by atoms with E-state index in [1.807, 2.05) is 13.8 Å². The van der Waals surface area contributed by atoms with Gasteiger partial charge >= 0.3 is 0 Å². The summed E-state index contributed by atoms with van der Waals surface area (Å²) in [5.41, 5.74) is 0. The van der Waals surface area contributed by atoms with Crippen LogP contribution in [0.2, 0.25) is 10.0 Å². The van der Waals surface area contributed by atoms with Crippen LogP contribution in [0.4, 0.5) is 0 Å². The van der Waals surface area contributed by atoms with Gasteiger partial charge in [0.25, 0.3) is 0 Å². The molecule has 0 saturated carbocycles. The van der Waals surface area contributed by atoms with Gasteiger partial charge in [0.2, 0.25) is 5.91 Å². The third kappa shape index (κ3) is 6.55. The number of benzene rings is 1. The van der Waals surface area contributed by atoms with Crippen molar-refractivity contribution in [3.8, 4) is 5.75 Å². The molecule has 2 N–H and O–H groups in total. The fourth-order valence-corrected chi connectivity index (χ4v) is 2.11. The number of amides is 1. The smallest absolute Gasteiger partial charge is 0.223 e. The maximum Gasteiger partial charge on any atom is 0.223 e. The van der Waals surface area contributed by atoms with Crippen LogP contribution in [0.25, 0.3) is 0 Å². The van der Waals surface area contributed by atoms with Crippen molar-refractivity contribution in [1.82, 2.24) is 5.32 Å². The fourth-order valence-electron chi connectivity index (χ4n) is 1.82. The van der Waals surface area contributed by atoms with Gasteiger partial charge in [-0.2, -0.15) is 0 Å². The number of carbonyl (C=O) groups excluding carboxylic acids is 1. The Labute approximate surface area is 135 Å². The minimum atomic E-state index is -0.0952. The van der Waals surface area contributed by atoms with Crippen LogP contribution in [-0.4, -0.2) is 30.3 Å². The van der Waals surface area contributed by atoms with Gasteiger partial charge in [0, 0.05) is 18.7 Å². The van der Waals surface area contributed by atoms with Crippen molar-refractivity contribution < 1.29 is 14.6 Å². The molecule has 0 spiro atoms. The predicted molar refractivity (Wildman–Crippen MR) is 85.0 cm³/mol. The summed E-state index contributed by atoms with van der Waals surface area (Å²) in [7, 11) is 0. The highest BCUT2D eigenvalue weighted by Gasteiger charge is 2.15. The highest BCUT2D eigenvalue weighted by atomic mass is 35.5. The zero-order valence-corrected chi connectivity index (χ0v) is 13.7. The first-order valence-corrected chi connectivity index (χ1v) is 7.67. The van der Waals surface area contributed by atoms with Crippen molar-refractivity contribution in [3.05, 3.63) is 28.2 Å². The van der Waals surface area contributed by atoms with Crippen molar-refractivity contribution in [3.63, 3.8) is 0 Å². The molecule has 6 heteroatoms. The van der Waals surface area contributed by atoms with E-state index in [0.717, 1.165) is 0 Å². The first-order valence-electron chi connectivity index (χ1n) is 6.92. The minimum absolute atomic E-state index is 0.0209. The third-order valence-electron chi connectivity index (χ3n) is 3.08. The van der Waals surface area contributed by atoms with Crippen LogP contribution in [0.5, 0.6) is 5.75 Å². The lowest BCUT2D eigenvalue weighted by Gasteiger charge is -2.21. The van der Waals surface area contributed by atoms with Gasteiger partial charge in [-0.3, -0.25) is 4.79 Å². The first-order chi connectivity index (χ1) is 9.93. The maximum absolute atomic E-state index is 11.8. The second kappa shape index (κ2) is 9.13. The van der Waals surface area contributed by atoms with Gasteiger partial charge in [0.15, 0.2) is 0 Å². The maximum atomic E-state index is 11.8. The van der Waals surface area contributed by atoms with E-state index in [4.69, 9.17) is 33.0 Å². The van der Waals surface area contributed by atoms with E-state index in [0.29, 0.717) is 22.2 Å². The summed E-state index contributed by atoms with van der Waals surface area (Å²) in [5.74, 6) is 0.757. The monoisotopic (exact) mass is 333 g/mol. The number of hydrogen-bond acceptors (Lipinski definition) is 3. The number of rotatable bonds is 8. The summed E-state index contributed by atoms with van der Waals surface area (Å²) < 4.78 is 5.46. The minimum Gasteiger partial charge on any atom is -0.493 e. The van der Waals surface area contributed by atoms with E-state index < -0.39 is 0 Å². The molecule has 1 amide bonds. The van der Waals surface area contributed by atoms with E-state index in [1.54, 1.807) is 18.2 Å². The standard InChI is InChI=1S/C15H21Cl2NO3/c1-10(2)14(5-7-19)18-15(20)6-8-21-11-3-4-12(16)13(17)9-11/h3-4,9-10,14,19H,5-8H2,1-2H3,(H,18,20). The summed E-state index contributed by atoms with van der Waals surface area (Å²) in [6.45, 7) is 4.33. The molecule has 1 aromatic carbocycles. The van der Waals surface area contributed by atoms with Crippen molar-refractivity contribution in [2.24, 2.45) is 5.92 Å². The van der Waals surface area contributed by atoms with Gasteiger partial charge in [0.1, 0.15) is 5.75 Å². The molecule has 1 unspecified atom stereocenters. The van der Waals surface area contributed by atoms with Gasteiger partial charge in [0.05, 0.1) is 23.1 Å². The van der Waals surface area contributed by atoms with Crippen molar-refractivity contribution in [2.45, 2.75) is 32.7 Å². The molecule has 0 aliphatic heterocycles. The van der Waals surface area contributed by atoms with Gasteiger partial charge in [-0.1, -0.05) is 37.0 Å². The van der Waals surface area contributed by atoms with E-state index in [-0.39, 0.29) is 37.5 Å². The summed E-state index contributed by atoms with van der Waals surface area (Å²) in [4.78, 5) is 11.8. The Morgan fingerprint density at radius 1 is 1.33 bits per heavy atom. The highest BCUT2D eigenvalue weighted by Crippen LogP contribution is 2.26. The lowest BCUT2D eigenvalue weighted by molar-refractivity contribution is -0.122. The molecule has 0 radical (unpaired) electrons. The van der Waals surface area contributed by atoms with E-state index >= 15 is 0 Å². The second-order valence-electron chi connectivity index (χ2n) is 5.10. The van der Waals surface area contributed by atoms with E-state index in [1.165, 1.54) is 0 Å². The Hall–Kier alpha value is -0.970. The summed E-state index contributed by atoms with van der Waals surface area (Å²) in [6, 6.07) is 4.95. The number of nitrogens with one attached hydrogen (secondary N) is 1. The number of hydrogen-bond donors (Lipinski definition) is 2. The van der Waals surface area contributed by atoms with Gasteiger partial charge < -0.3 is 15.2 Å². The molecular formula is C15H21Cl2NO3. The van der Waals surface area contributed by atoms with Crippen LogP contribution in [0, 0.1) is 5.92 Å². The molecule has 21 heavy (non-hydrogen) atoms. The number of halogens is 2. The Balaban J connectivity index is 2.37. The summed E-state index contributed by atoms with van der Waals surface area (Å²) in [6.07, 6.45) is 0.798. The molecule has 0 aliphatic rings. The van der Waals surface area contributed by atoms with Crippen LogP contribution < -0.4 is 10.1 Å². The van der Waals surface area contributed by atoms with E-state index in [9.17, 15) is 4.79 Å². The molecule has 1 rings (SSSR count). The first kappa shape index (κ1) is 18.1. The Kier molecular flexibility index (Phi) is 7.86. The van der Waals surface area contributed by atoms with Crippen LogP contribution in [0.15, 0.2) is 18.2 Å². The molecule has 4 nitrogen and oxygen atoms in total. The van der Waals surface area contributed by atoms with Crippen molar-refractivity contribution in [2.75, 3.05) is 13.2 Å². The van der Waals surface area contributed by atoms with Crippen LogP contribution in [0.1, 0.15) is 26.7 Å². The average Bonchev–Trinajstić information content (AvgIpc) is 2.42. The van der Waals surface area contributed by atoms with Crippen LogP contribution >= 0.6 is 23.2 Å². The lowest BCUT2D eigenvalue weighted by atomic mass is 10.0. The number of carbonyl (C=O) groups is 1. The molecule has 1 atom stereocenters. The second-order valence-corrected chi connectivity index (χ2v) is 5.92. The zero-order valence-electron chi connectivity index (χ0n) is 12.2. The Bertz CT molecular complexity index is 466. The Morgan fingerprint density at radius 2 is 2.05 bits per heavy atom. The molecule has 0 saturated heterocycles. The third-order valence-corrected chi connectivity index (χ3v) is 3.82. The summed E-state index contributed by atoms with van der Waals surface area (Å²) in [5, 5.41) is 12.8. The summed E-state index contributed by atoms with van der Waals surface area (Å²) >= 11 is 11.7. The number of ether oxygens (including phenoxy) is 1. The molecule has 0 bridgehead atoms. The topological polar surface area (TPSA) is 58.6 Å². The normalized spacial score (nSPS) is 12.3. The lowest BCUT2D eigenvalue weighted by Crippen LogP contribution is -2.39. The van der Waals surface area contributed by atoms with Gasteiger partial charge in [-0.25, -0.2) is 0 Å². The quantitative estimate of drug-likeness (QED) is 0.767. The molecule has 1 aromatic rings. The van der Waals surface area contributed by atoms with Crippen molar-refractivity contribution >= 4 is 29.1 Å². The predicted octanol–water partition coefficient (Wildman–Crippen LogP) is 3.29. The molecule has 0 fully saturated rings. The number of aliphatic hydroxyl groups excluding tert-OH is 1.